The molecular weight excluding hydrogens is 419 g/mol. The number of carbonyl (C=O) groups excluding carboxylic acids is 1. The number of carbonyl (C=O) groups is 1. The van der Waals surface area contributed by atoms with Crippen molar-refractivity contribution in [2.24, 2.45) is 4.99 Å². The Morgan fingerprint density at radius 3 is 2.46 bits per heavy atom. The smallest absolute Gasteiger partial charge is 0.266 e. The van der Waals surface area contributed by atoms with Gasteiger partial charge in [-0.2, -0.15) is 0 Å². The maximum Gasteiger partial charge on any atom is 0.282 e. The second-order valence-corrected chi connectivity index (χ2v) is 7.39. The van der Waals surface area contributed by atoms with Crippen LogP contribution in [0.4, 0.5) is 10.1 Å². The topological polar surface area (TPSA) is 32.7 Å². The SMILES string of the molecule is Cc1ccc(/C=C2/N=C(c3ccccc3F)N(c3cccc(Br)c3)C2=O)cc1. The van der Waals surface area contributed by atoms with Crippen molar-refractivity contribution in [3.05, 3.63) is 105 Å². The zero-order valence-corrected chi connectivity index (χ0v) is 16.7. The summed E-state index contributed by atoms with van der Waals surface area (Å²) < 4.78 is 15.3. The average Bonchev–Trinajstić information content (AvgIpc) is 3.00. The van der Waals surface area contributed by atoms with Crippen molar-refractivity contribution in [2.75, 3.05) is 4.90 Å². The number of hydrogen-bond donors (Lipinski definition) is 0. The van der Waals surface area contributed by atoms with Crippen molar-refractivity contribution >= 4 is 39.4 Å². The van der Waals surface area contributed by atoms with Gasteiger partial charge < -0.3 is 0 Å². The third-order valence-electron chi connectivity index (χ3n) is 4.42. The summed E-state index contributed by atoms with van der Waals surface area (Å²) >= 11 is 3.43. The van der Waals surface area contributed by atoms with Crippen LogP contribution < -0.4 is 4.90 Å². The van der Waals surface area contributed by atoms with Gasteiger partial charge in [0.25, 0.3) is 5.91 Å². The second-order valence-electron chi connectivity index (χ2n) is 6.48. The summed E-state index contributed by atoms with van der Waals surface area (Å²) in [6.45, 7) is 2.00. The van der Waals surface area contributed by atoms with E-state index in [1.807, 2.05) is 49.4 Å². The molecule has 0 saturated heterocycles. The molecule has 3 aromatic rings. The zero-order chi connectivity index (χ0) is 19.7. The van der Waals surface area contributed by atoms with Crippen molar-refractivity contribution in [3.8, 4) is 0 Å². The molecule has 0 bridgehead atoms. The maximum absolute atomic E-state index is 14.5. The minimum absolute atomic E-state index is 0.266. The van der Waals surface area contributed by atoms with Gasteiger partial charge in [-0.15, -0.1) is 0 Å². The Morgan fingerprint density at radius 1 is 1.00 bits per heavy atom. The van der Waals surface area contributed by atoms with E-state index in [-0.39, 0.29) is 23.0 Å². The maximum atomic E-state index is 14.5. The van der Waals surface area contributed by atoms with E-state index < -0.39 is 5.82 Å². The fourth-order valence-electron chi connectivity index (χ4n) is 3.02. The van der Waals surface area contributed by atoms with Crippen LogP contribution in [-0.4, -0.2) is 11.7 Å². The predicted octanol–water partition coefficient (Wildman–Crippen LogP) is 5.73. The third kappa shape index (κ3) is 3.53. The lowest BCUT2D eigenvalue weighted by Gasteiger charge is -2.19. The average molecular weight is 435 g/mol. The second kappa shape index (κ2) is 7.52. The molecule has 1 aliphatic rings. The van der Waals surface area contributed by atoms with Crippen molar-refractivity contribution < 1.29 is 9.18 Å². The number of benzene rings is 3. The summed E-state index contributed by atoms with van der Waals surface area (Å²) in [6, 6.07) is 21.4. The van der Waals surface area contributed by atoms with Crippen LogP contribution in [0.15, 0.2) is 88.0 Å². The molecule has 0 N–H and O–H groups in total. The number of amides is 1. The fourth-order valence-corrected chi connectivity index (χ4v) is 3.40. The first-order valence-corrected chi connectivity index (χ1v) is 9.54. The molecule has 0 spiro atoms. The zero-order valence-electron chi connectivity index (χ0n) is 15.1. The molecule has 0 radical (unpaired) electrons. The van der Waals surface area contributed by atoms with Gasteiger partial charge in [0, 0.05) is 4.47 Å². The molecule has 4 rings (SSSR count). The first-order valence-electron chi connectivity index (χ1n) is 8.75. The molecule has 0 saturated carbocycles. The van der Waals surface area contributed by atoms with Crippen LogP contribution in [0.3, 0.4) is 0 Å². The van der Waals surface area contributed by atoms with Crippen LogP contribution in [0.5, 0.6) is 0 Å². The van der Waals surface area contributed by atoms with Crippen molar-refractivity contribution in [1.82, 2.24) is 0 Å². The highest BCUT2D eigenvalue weighted by Crippen LogP contribution is 2.30. The lowest BCUT2D eigenvalue weighted by Crippen LogP contribution is -2.33. The highest BCUT2D eigenvalue weighted by atomic mass is 79.9. The molecule has 28 heavy (non-hydrogen) atoms. The number of aryl methyl sites for hydroxylation is 1. The molecule has 3 aromatic carbocycles. The summed E-state index contributed by atoms with van der Waals surface area (Å²) in [5, 5.41) is 0. The fraction of sp³-hybridized carbons (Fsp3) is 0.0435. The third-order valence-corrected chi connectivity index (χ3v) is 4.92. The lowest BCUT2D eigenvalue weighted by atomic mass is 10.1. The Kier molecular flexibility index (Phi) is 4.92. The molecule has 5 heteroatoms. The van der Waals surface area contributed by atoms with Crippen LogP contribution in [0, 0.1) is 12.7 Å². The number of nitrogens with zero attached hydrogens (tertiary/aromatic N) is 2. The van der Waals surface area contributed by atoms with E-state index in [9.17, 15) is 9.18 Å². The molecule has 0 aliphatic carbocycles. The van der Waals surface area contributed by atoms with Crippen LogP contribution in [0.2, 0.25) is 0 Å². The number of rotatable bonds is 3. The van der Waals surface area contributed by atoms with Gasteiger partial charge in [-0.25, -0.2) is 9.38 Å². The molecule has 0 aromatic heterocycles. The monoisotopic (exact) mass is 434 g/mol. The summed E-state index contributed by atoms with van der Waals surface area (Å²) in [6.07, 6.45) is 1.72. The van der Waals surface area contributed by atoms with Gasteiger partial charge in [0.15, 0.2) is 5.84 Å². The molecule has 0 unspecified atom stereocenters. The highest BCUT2D eigenvalue weighted by Gasteiger charge is 2.33. The summed E-state index contributed by atoms with van der Waals surface area (Å²) in [4.78, 5) is 19.1. The first kappa shape index (κ1) is 18.3. The van der Waals surface area contributed by atoms with E-state index in [1.54, 1.807) is 30.3 Å². The minimum Gasteiger partial charge on any atom is -0.266 e. The normalized spacial score (nSPS) is 15.2. The number of amidine groups is 1. The molecule has 0 atom stereocenters. The molecule has 1 amide bonds. The van der Waals surface area contributed by atoms with Gasteiger partial charge in [0.05, 0.1) is 11.3 Å². The van der Waals surface area contributed by atoms with Crippen molar-refractivity contribution in [3.63, 3.8) is 0 Å². The van der Waals surface area contributed by atoms with E-state index in [0.29, 0.717) is 5.69 Å². The molecule has 0 fully saturated rings. The Bertz CT molecular complexity index is 1120. The number of halogens is 2. The molecule has 138 valence electrons. The number of aliphatic imine (C=N–C) groups is 1. The van der Waals surface area contributed by atoms with E-state index >= 15 is 0 Å². The van der Waals surface area contributed by atoms with Gasteiger partial charge in [-0.1, -0.05) is 64.0 Å². The van der Waals surface area contributed by atoms with Crippen LogP contribution in [0.25, 0.3) is 6.08 Å². The Hall–Kier alpha value is -3.05. The van der Waals surface area contributed by atoms with Crippen molar-refractivity contribution in [2.45, 2.75) is 6.92 Å². The van der Waals surface area contributed by atoms with Gasteiger partial charge >= 0.3 is 0 Å². The van der Waals surface area contributed by atoms with Crippen LogP contribution in [-0.2, 0) is 4.79 Å². The molecule has 1 aliphatic heterocycles. The number of hydrogen-bond acceptors (Lipinski definition) is 2. The highest BCUT2D eigenvalue weighted by molar-refractivity contribution is 9.10. The van der Waals surface area contributed by atoms with Gasteiger partial charge in [0.1, 0.15) is 11.5 Å². The molecule has 1 heterocycles. The van der Waals surface area contributed by atoms with E-state index in [2.05, 4.69) is 20.9 Å². The summed E-state index contributed by atoms with van der Waals surface area (Å²) in [5.74, 6) is -0.442. The predicted molar refractivity (Wildman–Crippen MR) is 114 cm³/mol. The quantitative estimate of drug-likeness (QED) is 0.484. The minimum atomic E-state index is -0.425. The Labute approximate surface area is 171 Å². The van der Waals surface area contributed by atoms with E-state index in [1.165, 1.54) is 11.0 Å². The molecule has 3 nitrogen and oxygen atoms in total. The van der Waals surface area contributed by atoms with Crippen LogP contribution in [0.1, 0.15) is 16.7 Å². The van der Waals surface area contributed by atoms with Crippen molar-refractivity contribution in [1.29, 1.82) is 0 Å². The van der Waals surface area contributed by atoms with Gasteiger partial charge in [0.2, 0.25) is 0 Å². The summed E-state index contributed by atoms with van der Waals surface area (Å²) in [5.41, 5.74) is 3.16. The first-order chi connectivity index (χ1) is 13.5. The standard InChI is InChI=1S/C23H16BrFN2O/c1-15-9-11-16(12-10-15)13-21-23(28)27(18-6-4-5-17(24)14-18)22(26-21)19-7-2-3-8-20(19)25/h2-14H,1H3/b21-13+. The number of anilines is 1. The molecular formula is C23H16BrFN2O. The summed E-state index contributed by atoms with van der Waals surface area (Å²) in [7, 11) is 0. The Morgan fingerprint density at radius 2 is 1.75 bits per heavy atom. The lowest BCUT2D eigenvalue weighted by molar-refractivity contribution is -0.113. The van der Waals surface area contributed by atoms with Crippen LogP contribution >= 0.6 is 15.9 Å². The largest absolute Gasteiger partial charge is 0.282 e. The Balaban J connectivity index is 1.85. The van der Waals surface area contributed by atoms with E-state index in [0.717, 1.165) is 15.6 Å². The van der Waals surface area contributed by atoms with Gasteiger partial charge in [-0.3, -0.25) is 9.69 Å². The van der Waals surface area contributed by atoms with Gasteiger partial charge in [-0.05, 0) is 48.9 Å². The van der Waals surface area contributed by atoms with E-state index in [4.69, 9.17) is 0 Å².